The fourth-order valence-electron chi connectivity index (χ4n) is 2.03. The van der Waals surface area contributed by atoms with Crippen LogP contribution in [-0.4, -0.2) is 22.9 Å². The van der Waals surface area contributed by atoms with E-state index in [0.717, 1.165) is 12.5 Å². The molecule has 1 aliphatic heterocycles. The minimum atomic E-state index is 0.814. The van der Waals surface area contributed by atoms with Crippen LogP contribution in [0.4, 0.5) is 0 Å². The Morgan fingerprint density at radius 1 is 1.43 bits per heavy atom. The lowest BCUT2D eigenvalue weighted by molar-refractivity contribution is 0.318. The number of rotatable bonds is 2. The summed E-state index contributed by atoms with van der Waals surface area (Å²) in [4.78, 5) is 0. The molecule has 0 atom stereocenters. The van der Waals surface area contributed by atoms with Gasteiger partial charge in [0.25, 0.3) is 0 Å². The van der Waals surface area contributed by atoms with E-state index < -0.39 is 0 Å². The van der Waals surface area contributed by atoms with E-state index in [0.29, 0.717) is 0 Å². The second-order valence-corrected chi connectivity index (χ2v) is 4.29. The van der Waals surface area contributed by atoms with Crippen molar-refractivity contribution in [2.24, 2.45) is 5.92 Å². The van der Waals surface area contributed by atoms with Crippen molar-refractivity contribution in [2.75, 3.05) is 13.1 Å². The van der Waals surface area contributed by atoms with Gasteiger partial charge in [0.2, 0.25) is 0 Å². The molecule has 1 aromatic heterocycles. The molecule has 0 radical (unpaired) electrons. The van der Waals surface area contributed by atoms with E-state index in [1.54, 1.807) is 0 Å². The molecule has 2 heterocycles. The molecule has 14 heavy (non-hydrogen) atoms. The smallest absolute Gasteiger partial charge is 0.0521 e. The Bertz CT molecular complexity index is 297. The lowest BCUT2D eigenvalue weighted by Gasteiger charge is -2.22. The van der Waals surface area contributed by atoms with Crippen LogP contribution in [0.2, 0.25) is 0 Å². The molecule has 1 saturated heterocycles. The van der Waals surface area contributed by atoms with E-state index in [-0.39, 0.29) is 0 Å². The minimum absolute atomic E-state index is 0.814. The Morgan fingerprint density at radius 2 is 2.14 bits per heavy atom. The largest absolute Gasteiger partial charge is 0.317 e. The summed E-state index contributed by atoms with van der Waals surface area (Å²) in [5, 5.41) is 7.80. The van der Waals surface area contributed by atoms with Crippen molar-refractivity contribution in [2.45, 2.75) is 33.2 Å². The molecule has 0 bridgehead atoms. The maximum atomic E-state index is 4.41. The molecule has 1 aliphatic rings. The van der Waals surface area contributed by atoms with Crippen LogP contribution < -0.4 is 5.32 Å². The molecule has 0 saturated carbocycles. The lowest BCUT2D eigenvalue weighted by atomic mass is 9.98. The lowest BCUT2D eigenvalue weighted by Crippen LogP contribution is -2.30. The Balaban J connectivity index is 1.99. The highest BCUT2D eigenvalue weighted by Crippen LogP contribution is 2.15. The van der Waals surface area contributed by atoms with Gasteiger partial charge >= 0.3 is 0 Å². The van der Waals surface area contributed by atoms with Gasteiger partial charge in [-0.05, 0) is 51.3 Å². The van der Waals surface area contributed by atoms with Gasteiger partial charge in [-0.15, -0.1) is 0 Å². The molecule has 1 aromatic rings. The van der Waals surface area contributed by atoms with Crippen molar-refractivity contribution in [3.8, 4) is 0 Å². The zero-order chi connectivity index (χ0) is 9.97. The molecule has 0 aromatic carbocycles. The van der Waals surface area contributed by atoms with E-state index in [4.69, 9.17) is 0 Å². The first-order valence-corrected chi connectivity index (χ1v) is 5.47. The number of nitrogens with one attached hydrogen (secondary N) is 1. The Morgan fingerprint density at radius 3 is 2.71 bits per heavy atom. The molecular formula is C11H19N3. The zero-order valence-corrected chi connectivity index (χ0v) is 9.08. The number of aromatic nitrogens is 2. The summed E-state index contributed by atoms with van der Waals surface area (Å²) in [5.74, 6) is 0.814. The van der Waals surface area contributed by atoms with E-state index >= 15 is 0 Å². The van der Waals surface area contributed by atoms with Gasteiger partial charge in [0.1, 0.15) is 0 Å². The maximum absolute atomic E-state index is 4.41. The van der Waals surface area contributed by atoms with Gasteiger partial charge in [0.15, 0.2) is 0 Å². The molecule has 3 heteroatoms. The second kappa shape index (κ2) is 4.13. The normalized spacial score (nSPS) is 18.7. The summed E-state index contributed by atoms with van der Waals surface area (Å²) in [5.41, 5.74) is 2.63. The standard InChI is InChI=1S/C11H19N3/c1-9-7-13-14(10(9)2)8-11-3-5-12-6-4-11/h7,11-12H,3-6,8H2,1-2H3. The number of hydrogen-bond acceptors (Lipinski definition) is 2. The molecule has 1 fully saturated rings. The molecule has 0 amide bonds. The van der Waals surface area contributed by atoms with Crippen LogP contribution in [-0.2, 0) is 6.54 Å². The van der Waals surface area contributed by atoms with Crippen molar-refractivity contribution in [1.29, 1.82) is 0 Å². The Kier molecular flexibility index (Phi) is 2.87. The number of aryl methyl sites for hydroxylation is 1. The van der Waals surface area contributed by atoms with Crippen molar-refractivity contribution in [3.63, 3.8) is 0 Å². The van der Waals surface area contributed by atoms with Crippen LogP contribution in [0.25, 0.3) is 0 Å². The highest BCUT2D eigenvalue weighted by atomic mass is 15.3. The summed E-state index contributed by atoms with van der Waals surface area (Å²) in [6.07, 6.45) is 4.55. The summed E-state index contributed by atoms with van der Waals surface area (Å²) < 4.78 is 2.16. The van der Waals surface area contributed by atoms with Gasteiger partial charge in [-0.25, -0.2) is 0 Å². The topological polar surface area (TPSA) is 29.9 Å². The van der Waals surface area contributed by atoms with Gasteiger partial charge in [-0.3, -0.25) is 4.68 Å². The number of piperidine rings is 1. The van der Waals surface area contributed by atoms with Gasteiger partial charge in [0, 0.05) is 12.2 Å². The monoisotopic (exact) mass is 193 g/mol. The van der Waals surface area contributed by atoms with E-state index in [2.05, 4.69) is 28.9 Å². The van der Waals surface area contributed by atoms with Gasteiger partial charge in [-0.2, -0.15) is 5.10 Å². The predicted molar refractivity (Wildman–Crippen MR) is 57.3 cm³/mol. The van der Waals surface area contributed by atoms with Crippen molar-refractivity contribution >= 4 is 0 Å². The first-order chi connectivity index (χ1) is 6.77. The van der Waals surface area contributed by atoms with Crippen LogP contribution in [0.1, 0.15) is 24.1 Å². The number of hydrogen-bond donors (Lipinski definition) is 1. The van der Waals surface area contributed by atoms with Crippen LogP contribution in [0.3, 0.4) is 0 Å². The summed E-state index contributed by atoms with van der Waals surface area (Å²) in [6, 6.07) is 0. The van der Waals surface area contributed by atoms with E-state index in [1.807, 2.05) is 6.20 Å². The predicted octanol–water partition coefficient (Wildman–Crippen LogP) is 1.50. The highest BCUT2D eigenvalue weighted by molar-refractivity contribution is 5.13. The average Bonchev–Trinajstić information content (AvgIpc) is 2.52. The van der Waals surface area contributed by atoms with Crippen LogP contribution in [0, 0.1) is 19.8 Å². The first-order valence-electron chi connectivity index (χ1n) is 5.47. The average molecular weight is 193 g/mol. The van der Waals surface area contributed by atoms with Gasteiger partial charge < -0.3 is 5.32 Å². The molecule has 3 nitrogen and oxygen atoms in total. The molecule has 78 valence electrons. The summed E-state index contributed by atoms with van der Waals surface area (Å²) in [7, 11) is 0. The SMILES string of the molecule is Cc1cnn(CC2CCNCC2)c1C. The van der Waals surface area contributed by atoms with Crippen LogP contribution >= 0.6 is 0 Å². The van der Waals surface area contributed by atoms with Gasteiger partial charge in [-0.1, -0.05) is 0 Å². The Hall–Kier alpha value is -0.830. The third-order valence-electron chi connectivity index (χ3n) is 3.24. The van der Waals surface area contributed by atoms with Gasteiger partial charge in [0.05, 0.1) is 6.20 Å². The van der Waals surface area contributed by atoms with Crippen molar-refractivity contribution in [3.05, 3.63) is 17.5 Å². The molecular weight excluding hydrogens is 174 g/mol. The fourth-order valence-corrected chi connectivity index (χ4v) is 2.03. The molecule has 0 spiro atoms. The van der Waals surface area contributed by atoms with E-state index in [1.165, 1.54) is 37.2 Å². The third kappa shape index (κ3) is 1.98. The zero-order valence-electron chi connectivity index (χ0n) is 9.08. The molecule has 2 rings (SSSR count). The molecule has 0 aliphatic carbocycles. The van der Waals surface area contributed by atoms with Crippen molar-refractivity contribution < 1.29 is 0 Å². The van der Waals surface area contributed by atoms with Crippen LogP contribution in [0.5, 0.6) is 0 Å². The number of nitrogens with zero attached hydrogens (tertiary/aromatic N) is 2. The quantitative estimate of drug-likeness (QED) is 0.771. The minimum Gasteiger partial charge on any atom is -0.317 e. The summed E-state index contributed by atoms with van der Waals surface area (Å²) in [6.45, 7) is 7.72. The second-order valence-electron chi connectivity index (χ2n) is 4.29. The van der Waals surface area contributed by atoms with E-state index in [9.17, 15) is 0 Å². The Labute approximate surface area is 85.5 Å². The van der Waals surface area contributed by atoms with Crippen LogP contribution in [0.15, 0.2) is 6.20 Å². The summed E-state index contributed by atoms with van der Waals surface area (Å²) >= 11 is 0. The molecule has 0 unspecified atom stereocenters. The maximum Gasteiger partial charge on any atom is 0.0521 e. The highest BCUT2D eigenvalue weighted by Gasteiger charge is 2.14. The molecule has 1 N–H and O–H groups in total. The fraction of sp³-hybridized carbons (Fsp3) is 0.727. The van der Waals surface area contributed by atoms with Crippen molar-refractivity contribution in [1.82, 2.24) is 15.1 Å². The third-order valence-corrected chi connectivity index (χ3v) is 3.24. The first kappa shape index (κ1) is 9.71.